The first-order valence-electron chi connectivity index (χ1n) is 11.7. The largest absolute Gasteiger partial charge is 1.00 e. The summed E-state index contributed by atoms with van der Waals surface area (Å²) in [7, 11) is 0. The maximum Gasteiger partial charge on any atom is -1.00 e. The van der Waals surface area contributed by atoms with Gasteiger partial charge in [-0.1, -0.05) is 0 Å². The van der Waals surface area contributed by atoms with Gasteiger partial charge in [-0.3, -0.25) is 0 Å². The molecule has 0 unspecified atom stereocenters. The molecule has 0 saturated heterocycles. The van der Waals surface area contributed by atoms with Crippen LogP contribution in [0, 0.1) is 0 Å². The van der Waals surface area contributed by atoms with Crippen LogP contribution in [0.25, 0.3) is 0 Å². The minimum Gasteiger partial charge on any atom is -1.00 e. The van der Waals surface area contributed by atoms with Gasteiger partial charge in [0.15, 0.2) is 0 Å². The SMILES string of the molecule is CCCC1=CC[C]([Zr+2]([CH]2C(C)=C(C)C(C)=C2C)[SiH](c2ccccc2)c2ccccc2)=C1.[Cl-].[Cl-]. The summed E-state index contributed by atoms with van der Waals surface area (Å²) >= 11 is -2.12. The molecule has 0 aliphatic heterocycles. The molecule has 0 fully saturated rings. The number of allylic oxidation sites excluding steroid dienone is 8. The number of halogens is 2. The van der Waals surface area contributed by atoms with Crippen molar-refractivity contribution in [2.75, 3.05) is 0 Å². The van der Waals surface area contributed by atoms with Crippen LogP contribution in [-0.4, -0.2) is 5.92 Å². The first kappa shape index (κ1) is 28.3. The molecule has 0 saturated carbocycles. The minimum absolute atomic E-state index is 0. The fourth-order valence-corrected chi connectivity index (χ4v) is 31.9. The van der Waals surface area contributed by atoms with E-state index >= 15 is 0 Å². The van der Waals surface area contributed by atoms with Crippen molar-refractivity contribution in [2.24, 2.45) is 0 Å². The quantitative estimate of drug-likeness (QED) is 0.427. The van der Waals surface area contributed by atoms with Gasteiger partial charge in [0.1, 0.15) is 0 Å². The fraction of sp³-hybridized carbons (Fsp3) is 0.310. The van der Waals surface area contributed by atoms with Crippen LogP contribution in [0.1, 0.15) is 53.9 Å². The van der Waals surface area contributed by atoms with Crippen molar-refractivity contribution < 1.29 is 45.7 Å². The molecule has 0 bridgehead atoms. The number of hydrogen-bond donors (Lipinski definition) is 0. The van der Waals surface area contributed by atoms with E-state index in [1.165, 1.54) is 19.3 Å². The molecular formula is C29H35Cl2SiZr. The Kier molecular flexibility index (Phi) is 10.9. The number of rotatable bonds is 7. The van der Waals surface area contributed by atoms with Crippen molar-refractivity contribution in [1.29, 1.82) is 0 Å². The van der Waals surface area contributed by atoms with E-state index < -0.39 is 26.8 Å². The van der Waals surface area contributed by atoms with Gasteiger partial charge in [-0.05, 0) is 0 Å². The molecule has 0 radical (unpaired) electrons. The molecule has 33 heavy (non-hydrogen) atoms. The van der Waals surface area contributed by atoms with Gasteiger partial charge in [0, 0.05) is 0 Å². The van der Waals surface area contributed by atoms with Crippen LogP contribution >= 0.6 is 0 Å². The minimum atomic E-state index is -2.12. The smallest absolute Gasteiger partial charge is 1.00 e. The first-order valence-corrected chi connectivity index (χ1v) is 20.4. The molecule has 4 heteroatoms. The second kappa shape index (κ2) is 12.7. The Bertz CT molecular complexity index is 1000. The van der Waals surface area contributed by atoms with Crippen LogP contribution in [0.5, 0.6) is 0 Å². The summed E-state index contributed by atoms with van der Waals surface area (Å²) in [6, 6.07) is 23.2. The topological polar surface area (TPSA) is 0 Å². The molecule has 0 atom stereocenters. The zero-order valence-corrected chi connectivity index (χ0v) is 25.6. The van der Waals surface area contributed by atoms with E-state index in [0.29, 0.717) is 0 Å². The van der Waals surface area contributed by atoms with Gasteiger partial charge in [0.05, 0.1) is 0 Å². The van der Waals surface area contributed by atoms with Crippen molar-refractivity contribution in [3.8, 4) is 0 Å². The van der Waals surface area contributed by atoms with Gasteiger partial charge in [0.25, 0.3) is 0 Å². The van der Waals surface area contributed by atoms with Crippen molar-refractivity contribution in [1.82, 2.24) is 0 Å². The normalized spacial score (nSPS) is 15.9. The maximum atomic E-state index is 2.66. The van der Waals surface area contributed by atoms with Gasteiger partial charge in [-0.15, -0.1) is 0 Å². The molecule has 2 aliphatic carbocycles. The summed E-state index contributed by atoms with van der Waals surface area (Å²) in [5.74, 6) is -1.32. The van der Waals surface area contributed by atoms with Crippen LogP contribution in [0.15, 0.2) is 104 Å². The van der Waals surface area contributed by atoms with E-state index in [2.05, 4.69) is 107 Å². The Labute approximate surface area is 222 Å². The molecule has 2 aromatic carbocycles. The molecular weight excluding hydrogens is 539 g/mol. The average Bonchev–Trinajstić information content (AvgIpc) is 3.33. The van der Waals surface area contributed by atoms with Gasteiger partial charge in [-0.2, -0.15) is 0 Å². The summed E-state index contributed by atoms with van der Waals surface area (Å²) in [5, 5.41) is 3.30. The molecule has 2 aliphatic rings. The molecule has 0 spiro atoms. The Morgan fingerprint density at radius 3 is 1.73 bits per heavy atom. The zero-order chi connectivity index (χ0) is 22.0. The first-order chi connectivity index (χ1) is 15.0. The maximum absolute atomic E-state index is 2.66. The summed E-state index contributed by atoms with van der Waals surface area (Å²) in [6.45, 7) is 11.9. The summed E-state index contributed by atoms with van der Waals surface area (Å²) in [5.41, 5.74) is 8.08. The van der Waals surface area contributed by atoms with E-state index in [9.17, 15) is 0 Å². The van der Waals surface area contributed by atoms with Gasteiger partial charge < -0.3 is 24.8 Å². The van der Waals surface area contributed by atoms with Crippen molar-refractivity contribution in [3.63, 3.8) is 0 Å². The van der Waals surface area contributed by atoms with Crippen LogP contribution in [0.2, 0.25) is 3.63 Å². The molecule has 0 aromatic heterocycles. The molecule has 0 amide bonds. The summed E-state index contributed by atoms with van der Waals surface area (Å²) in [4.78, 5) is 0. The van der Waals surface area contributed by atoms with E-state index in [4.69, 9.17) is 0 Å². The Hall–Kier alpha value is -0.920. The Morgan fingerprint density at radius 1 is 0.788 bits per heavy atom. The van der Waals surface area contributed by atoms with E-state index in [-0.39, 0.29) is 24.8 Å². The monoisotopic (exact) mass is 571 g/mol. The molecule has 0 N–H and O–H groups in total. The molecule has 2 aromatic rings. The predicted molar refractivity (Wildman–Crippen MR) is 135 cm³/mol. The summed E-state index contributed by atoms with van der Waals surface area (Å²) < 4.78 is 2.58. The third-order valence-corrected chi connectivity index (χ3v) is 30.1. The molecule has 173 valence electrons. The van der Waals surface area contributed by atoms with E-state index in [0.717, 1.165) is 3.63 Å². The Morgan fingerprint density at radius 2 is 1.27 bits per heavy atom. The van der Waals surface area contributed by atoms with Crippen molar-refractivity contribution in [3.05, 3.63) is 104 Å². The van der Waals surface area contributed by atoms with Crippen LogP contribution in [0.4, 0.5) is 0 Å². The van der Waals surface area contributed by atoms with Crippen LogP contribution in [0.3, 0.4) is 0 Å². The summed E-state index contributed by atoms with van der Waals surface area (Å²) in [6.07, 6.45) is 8.89. The number of benzene rings is 2. The molecule has 0 heterocycles. The van der Waals surface area contributed by atoms with E-state index in [1.54, 1.807) is 38.2 Å². The average molecular weight is 574 g/mol. The second-order valence-electron chi connectivity index (χ2n) is 9.16. The van der Waals surface area contributed by atoms with E-state index in [1.807, 2.05) is 3.28 Å². The van der Waals surface area contributed by atoms with Gasteiger partial charge in [-0.25, -0.2) is 0 Å². The van der Waals surface area contributed by atoms with Crippen molar-refractivity contribution >= 4 is 16.3 Å². The standard InChI is InChI=1S/C12H11Si.C9H13.C8H11.2ClH.Zr/c1-3-7-11(8-4-1)13-12-9-5-2-6-10-12;1-6-5-7(2)9(4)8(6)3;1-2-5-8-6-3-4-7-8;;;/h1-10,13H;5H,1-4H3;6-7H,2-3,5H2,1H3;2*1H;/q;;;;;+2/p-2. The predicted octanol–water partition coefficient (Wildman–Crippen LogP) is 0.640. The Balaban J connectivity index is 0.00000193. The third kappa shape index (κ3) is 5.84. The zero-order valence-electron chi connectivity index (χ0n) is 20.5. The molecule has 4 rings (SSSR count). The fourth-order valence-electron chi connectivity index (χ4n) is 5.44. The third-order valence-electron chi connectivity index (χ3n) is 7.35. The van der Waals surface area contributed by atoms with Crippen LogP contribution in [-0.2, 0) is 20.9 Å². The second-order valence-corrected chi connectivity index (χ2v) is 24.5. The van der Waals surface area contributed by atoms with Gasteiger partial charge in [0.2, 0.25) is 0 Å². The van der Waals surface area contributed by atoms with Crippen molar-refractivity contribution in [2.45, 2.75) is 57.5 Å². The van der Waals surface area contributed by atoms with Crippen LogP contribution < -0.4 is 35.2 Å². The van der Waals surface area contributed by atoms with Gasteiger partial charge >= 0.3 is 199 Å². The number of hydrogen-bond acceptors (Lipinski definition) is 0. The molecule has 0 nitrogen and oxygen atoms in total.